The van der Waals surface area contributed by atoms with E-state index in [0.717, 1.165) is 4.57 Å². The van der Waals surface area contributed by atoms with Gasteiger partial charge in [0.1, 0.15) is 0 Å². The summed E-state index contributed by atoms with van der Waals surface area (Å²) in [5, 5.41) is 14.4. The summed E-state index contributed by atoms with van der Waals surface area (Å²) in [7, 11) is 4.35. The van der Waals surface area contributed by atoms with Crippen LogP contribution in [0.3, 0.4) is 0 Å². The van der Waals surface area contributed by atoms with Crippen LogP contribution >= 0.6 is 34.8 Å². The number of aromatic carboxylic acids is 1. The molecule has 0 bridgehead atoms. The Kier molecular flexibility index (Phi) is 8.68. The first-order valence-corrected chi connectivity index (χ1v) is 13.9. The van der Waals surface area contributed by atoms with E-state index in [0.29, 0.717) is 32.6 Å². The Bertz CT molecular complexity index is 2090. The lowest BCUT2D eigenvalue weighted by atomic mass is 10.2. The fourth-order valence-electron chi connectivity index (χ4n) is 4.36. The Hall–Kier alpha value is -4.78. The SMILES string of the molecule is COc1cc(/C=N\Nc2ccc(Cl)c(C(=O)O)c2)ccc1Oc1nc2c(c(=O)n(C)c(=O)n2C)n1Cc1ccc(Cl)cc1Cl. The van der Waals surface area contributed by atoms with Gasteiger partial charge in [0.15, 0.2) is 22.7 Å². The van der Waals surface area contributed by atoms with Crippen LogP contribution in [-0.2, 0) is 20.6 Å². The topological polar surface area (TPSA) is 142 Å². The van der Waals surface area contributed by atoms with E-state index in [1.807, 2.05) is 0 Å². The summed E-state index contributed by atoms with van der Waals surface area (Å²) in [5.74, 6) is -0.573. The largest absolute Gasteiger partial charge is 0.493 e. The number of carboxylic acid groups (broad SMARTS) is 1. The molecule has 0 atom stereocenters. The maximum Gasteiger partial charge on any atom is 0.337 e. The van der Waals surface area contributed by atoms with Crippen molar-refractivity contribution in [1.82, 2.24) is 18.7 Å². The minimum absolute atomic E-state index is 0.0164. The van der Waals surface area contributed by atoms with E-state index in [1.165, 1.54) is 48.7 Å². The van der Waals surface area contributed by atoms with Crippen molar-refractivity contribution in [3.8, 4) is 17.5 Å². The lowest BCUT2D eigenvalue weighted by molar-refractivity contribution is 0.0697. The molecule has 0 unspecified atom stereocenters. The second kappa shape index (κ2) is 12.4. The van der Waals surface area contributed by atoms with E-state index in [2.05, 4.69) is 15.5 Å². The predicted octanol–water partition coefficient (Wildman–Crippen LogP) is 5.39. The van der Waals surface area contributed by atoms with Crippen molar-refractivity contribution in [2.45, 2.75) is 6.54 Å². The lowest BCUT2D eigenvalue weighted by Crippen LogP contribution is -2.37. The molecule has 0 saturated carbocycles. The fraction of sp³-hybridized carbons (Fsp3) is 0.138. The van der Waals surface area contributed by atoms with Crippen LogP contribution in [0.1, 0.15) is 21.5 Å². The number of benzene rings is 3. The number of carboxylic acids is 1. The first-order valence-electron chi connectivity index (χ1n) is 12.8. The molecule has 5 aromatic rings. The number of methoxy groups -OCH3 is 1. The molecule has 2 heterocycles. The number of hydrogen-bond donors (Lipinski definition) is 2. The third-order valence-corrected chi connectivity index (χ3v) is 7.57. The summed E-state index contributed by atoms with van der Waals surface area (Å²) in [6.45, 7) is 0.0856. The van der Waals surface area contributed by atoms with Crippen molar-refractivity contribution >= 4 is 63.8 Å². The summed E-state index contributed by atoms with van der Waals surface area (Å²) in [6, 6.07) is 14.4. The molecule has 0 spiro atoms. The van der Waals surface area contributed by atoms with Gasteiger partial charge in [0.25, 0.3) is 5.56 Å². The van der Waals surface area contributed by atoms with Crippen LogP contribution < -0.4 is 26.1 Å². The number of aryl methyl sites for hydroxylation is 1. The molecule has 0 aliphatic rings. The van der Waals surface area contributed by atoms with Gasteiger partial charge >= 0.3 is 17.7 Å². The van der Waals surface area contributed by atoms with Gasteiger partial charge in [-0.2, -0.15) is 10.1 Å². The van der Waals surface area contributed by atoms with Gasteiger partial charge in [-0.25, -0.2) is 9.59 Å². The molecule has 12 nitrogen and oxygen atoms in total. The van der Waals surface area contributed by atoms with Crippen molar-refractivity contribution < 1.29 is 19.4 Å². The zero-order valence-corrected chi connectivity index (χ0v) is 25.6. The molecule has 0 amide bonds. The Morgan fingerprint density at radius 1 is 1.00 bits per heavy atom. The van der Waals surface area contributed by atoms with Gasteiger partial charge in [0.05, 0.1) is 36.1 Å². The van der Waals surface area contributed by atoms with Gasteiger partial charge in [-0.1, -0.05) is 40.9 Å². The maximum atomic E-state index is 13.3. The summed E-state index contributed by atoms with van der Waals surface area (Å²) in [5.41, 5.74) is 3.55. The molecule has 0 aliphatic carbocycles. The van der Waals surface area contributed by atoms with E-state index in [9.17, 15) is 19.5 Å². The summed E-state index contributed by atoms with van der Waals surface area (Å²) in [6.07, 6.45) is 1.50. The van der Waals surface area contributed by atoms with Crippen LogP contribution in [0.15, 0.2) is 69.3 Å². The molecule has 0 radical (unpaired) electrons. The molecule has 2 aromatic heterocycles. The second-order valence-corrected chi connectivity index (χ2v) is 10.7. The van der Waals surface area contributed by atoms with Crippen LogP contribution in [0.2, 0.25) is 15.1 Å². The van der Waals surface area contributed by atoms with Crippen LogP contribution in [0.5, 0.6) is 17.5 Å². The Balaban J connectivity index is 1.50. The molecule has 44 heavy (non-hydrogen) atoms. The smallest absolute Gasteiger partial charge is 0.337 e. The van der Waals surface area contributed by atoms with Gasteiger partial charge in [-0.05, 0) is 59.7 Å². The van der Waals surface area contributed by atoms with Crippen LogP contribution in [-0.4, -0.2) is 43.1 Å². The Morgan fingerprint density at radius 2 is 1.77 bits per heavy atom. The van der Waals surface area contributed by atoms with Gasteiger partial charge < -0.3 is 14.6 Å². The molecule has 2 N–H and O–H groups in total. The van der Waals surface area contributed by atoms with Crippen molar-refractivity contribution in [3.63, 3.8) is 0 Å². The van der Waals surface area contributed by atoms with Crippen molar-refractivity contribution in [2.24, 2.45) is 19.2 Å². The lowest BCUT2D eigenvalue weighted by Gasteiger charge is -2.13. The van der Waals surface area contributed by atoms with E-state index in [-0.39, 0.29) is 40.1 Å². The number of carbonyl (C=O) groups is 1. The third kappa shape index (κ3) is 6.00. The highest BCUT2D eigenvalue weighted by atomic mass is 35.5. The summed E-state index contributed by atoms with van der Waals surface area (Å²) >= 11 is 18.4. The third-order valence-electron chi connectivity index (χ3n) is 6.65. The molecule has 226 valence electrons. The molecule has 0 fully saturated rings. The van der Waals surface area contributed by atoms with Crippen LogP contribution in [0.25, 0.3) is 11.2 Å². The first-order chi connectivity index (χ1) is 21.0. The maximum absolute atomic E-state index is 13.3. The molecular formula is C29H23Cl3N6O6. The number of halogens is 3. The second-order valence-electron chi connectivity index (χ2n) is 9.48. The molecule has 15 heteroatoms. The van der Waals surface area contributed by atoms with E-state index in [1.54, 1.807) is 42.5 Å². The quantitative estimate of drug-likeness (QED) is 0.159. The standard InChI is InChI=1S/C29H23Cl3N6O6/c1-36-25-24(26(39)37(2)29(36)42)38(14-16-5-6-17(30)11-21(16)32)28(34-25)44-22-9-4-15(10-23(22)43-3)13-33-35-18-7-8-20(31)19(12-18)27(40)41/h4-13,35H,14H2,1-3H3,(H,40,41)/b33-13-. The number of imidazole rings is 1. The van der Waals surface area contributed by atoms with Crippen LogP contribution in [0, 0.1) is 0 Å². The Labute approximate surface area is 264 Å². The van der Waals surface area contributed by atoms with Gasteiger partial charge in [-0.15, -0.1) is 0 Å². The van der Waals surface area contributed by atoms with Crippen molar-refractivity contribution in [3.05, 3.63) is 107 Å². The van der Waals surface area contributed by atoms with Gasteiger partial charge in [0.2, 0.25) is 0 Å². The number of ether oxygens (including phenoxy) is 2. The van der Waals surface area contributed by atoms with E-state index in [4.69, 9.17) is 44.3 Å². The monoisotopic (exact) mass is 656 g/mol. The van der Waals surface area contributed by atoms with E-state index >= 15 is 0 Å². The van der Waals surface area contributed by atoms with Gasteiger partial charge in [-0.3, -0.25) is 23.9 Å². The van der Waals surface area contributed by atoms with E-state index < -0.39 is 17.2 Å². The summed E-state index contributed by atoms with van der Waals surface area (Å²) < 4.78 is 15.5. The number of hydrogen-bond acceptors (Lipinski definition) is 8. The minimum atomic E-state index is -1.16. The normalized spacial score (nSPS) is 11.3. The first kappa shape index (κ1) is 30.7. The van der Waals surface area contributed by atoms with Crippen LogP contribution in [0.4, 0.5) is 5.69 Å². The number of aromatic nitrogens is 4. The van der Waals surface area contributed by atoms with Crippen molar-refractivity contribution in [2.75, 3.05) is 12.5 Å². The zero-order valence-electron chi connectivity index (χ0n) is 23.3. The number of nitrogens with zero attached hydrogens (tertiary/aromatic N) is 5. The summed E-state index contributed by atoms with van der Waals surface area (Å²) in [4.78, 5) is 41.7. The van der Waals surface area contributed by atoms with Gasteiger partial charge in [0, 0.05) is 24.1 Å². The number of fused-ring (bicyclic) bond motifs is 1. The number of hydrazone groups is 1. The zero-order chi connectivity index (χ0) is 31.7. The molecule has 0 aliphatic heterocycles. The predicted molar refractivity (Wildman–Crippen MR) is 168 cm³/mol. The average molecular weight is 658 g/mol. The Morgan fingerprint density at radius 3 is 2.48 bits per heavy atom. The molecular weight excluding hydrogens is 635 g/mol. The van der Waals surface area contributed by atoms with Crippen molar-refractivity contribution in [1.29, 1.82) is 0 Å². The highest BCUT2D eigenvalue weighted by Gasteiger charge is 2.22. The number of nitrogens with one attached hydrogen (secondary N) is 1. The molecule has 0 saturated heterocycles. The number of anilines is 1. The highest BCUT2D eigenvalue weighted by molar-refractivity contribution is 6.35. The molecule has 5 rings (SSSR count). The highest BCUT2D eigenvalue weighted by Crippen LogP contribution is 2.34. The number of rotatable bonds is 9. The fourth-order valence-corrected chi connectivity index (χ4v) is 5.03. The average Bonchev–Trinajstić information content (AvgIpc) is 3.35. The minimum Gasteiger partial charge on any atom is -0.493 e. The molecule has 3 aromatic carbocycles.